The number of thioether (sulfide) groups is 1. The van der Waals surface area contributed by atoms with Gasteiger partial charge in [-0.05, 0) is 43.6 Å². The minimum atomic E-state index is -0.212. The van der Waals surface area contributed by atoms with Crippen LogP contribution in [0.5, 0.6) is 0 Å². The van der Waals surface area contributed by atoms with Crippen LogP contribution in [0.25, 0.3) is 0 Å². The van der Waals surface area contributed by atoms with Gasteiger partial charge in [-0.25, -0.2) is 6.08 Å². The van der Waals surface area contributed by atoms with Gasteiger partial charge in [0.25, 0.3) is 0 Å². The topological polar surface area (TPSA) is 60.2 Å². The third-order valence-corrected chi connectivity index (χ3v) is 4.64. The zero-order valence-electron chi connectivity index (χ0n) is 19.2. The first-order valence-corrected chi connectivity index (χ1v) is 10.2. The zero-order chi connectivity index (χ0) is 22.9. The normalized spacial score (nSPS) is 10.4. The molecule has 0 saturated heterocycles. The molecule has 0 radical (unpaired) electrons. The van der Waals surface area contributed by atoms with Crippen molar-refractivity contribution in [1.29, 1.82) is 0 Å². The second-order valence-electron chi connectivity index (χ2n) is 6.20. The average Bonchev–Trinajstić information content (AvgIpc) is 2.71. The predicted molar refractivity (Wildman–Crippen MR) is 128 cm³/mol. The van der Waals surface area contributed by atoms with E-state index in [2.05, 4.69) is 62.9 Å². The van der Waals surface area contributed by atoms with Gasteiger partial charge in [0, 0.05) is 10.7 Å². The van der Waals surface area contributed by atoms with E-state index >= 15 is 0 Å². The monoisotopic (exact) mass is 459 g/mol. The van der Waals surface area contributed by atoms with Crippen LogP contribution < -0.4 is 57.1 Å². The van der Waals surface area contributed by atoms with Crippen LogP contribution in [-0.2, 0) is 16.0 Å². The Balaban J connectivity index is 0. The predicted octanol–water partition coefficient (Wildman–Crippen LogP) is 2.97. The summed E-state index contributed by atoms with van der Waals surface area (Å²) in [6.07, 6.45) is 5.96. The van der Waals surface area contributed by atoms with Crippen LogP contribution in [0.4, 0.5) is 0 Å². The van der Waals surface area contributed by atoms with Gasteiger partial charge in [0.05, 0.1) is 0 Å². The van der Waals surface area contributed by atoms with Crippen molar-refractivity contribution in [3.05, 3.63) is 108 Å². The second kappa shape index (κ2) is 19.5. The molecule has 0 aliphatic heterocycles. The molecule has 0 aromatic heterocycles. The molecule has 160 valence electrons. The van der Waals surface area contributed by atoms with Crippen LogP contribution in [0.3, 0.4) is 0 Å². The van der Waals surface area contributed by atoms with Crippen molar-refractivity contribution >= 4 is 23.8 Å². The van der Waals surface area contributed by atoms with E-state index in [0.29, 0.717) is 0 Å². The van der Waals surface area contributed by atoms with E-state index in [1.807, 2.05) is 25.1 Å². The summed E-state index contributed by atoms with van der Waals surface area (Å²) < 4.78 is 0. The van der Waals surface area contributed by atoms with Crippen molar-refractivity contribution < 1.29 is 61.0 Å². The fraction of sp³-hybridized carbons (Fsp3) is 0.192. The maximum Gasteiger partial charge on any atom is 1.00 e. The molecule has 0 heterocycles. The molecular weight excluding hydrogens is 429 g/mol. The number of hydrogen-bond acceptors (Lipinski definition) is 4. The van der Waals surface area contributed by atoms with Gasteiger partial charge in [0.1, 0.15) is 0 Å². The van der Waals surface area contributed by atoms with Crippen LogP contribution in [0.1, 0.15) is 31.9 Å². The summed E-state index contributed by atoms with van der Waals surface area (Å²) >= 11 is 1.73. The molecule has 0 amide bonds. The molecule has 5 heteroatoms. The summed E-state index contributed by atoms with van der Waals surface area (Å²) in [5, 5.41) is 0. The zero-order valence-corrected chi connectivity index (χ0v) is 23.1. The van der Waals surface area contributed by atoms with Gasteiger partial charge >= 0.3 is 51.4 Å². The van der Waals surface area contributed by atoms with Crippen molar-refractivity contribution in [3.8, 4) is 0 Å². The third-order valence-electron chi connectivity index (χ3n) is 3.61. The number of benzene rings is 2. The van der Waals surface area contributed by atoms with Crippen LogP contribution >= 0.6 is 11.8 Å². The summed E-state index contributed by atoms with van der Waals surface area (Å²) in [5.41, 5.74) is 8.27. The fourth-order valence-corrected chi connectivity index (χ4v) is 2.91. The minimum Gasteiger partial charge on any atom is -0.476 e. The molecule has 31 heavy (non-hydrogen) atoms. The Labute approximate surface area is 234 Å². The molecule has 0 aliphatic rings. The van der Waals surface area contributed by atoms with Crippen LogP contribution in [0.2, 0.25) is 0 Å². The van der Waals surface area contributed by atoms with Crippen molar-refractivity contribution in [1.82, 2.24) is 0 Å². The van der Waals surface area contributed by atoms with Gasteiger partial charge in [-0.2, -0.15) is 18.1 Å². The molecule has 2 aromatic carbocycles. The van der Waals surface area contributed by atoms with Crippen molar-refractivity contribution in [2.75, 3.05) is 0 Å². The van der Waals surface area contributed by atoms with Gasteiger partial charge in [0.2, 0.25) is 0 Å². The maximum atomic E-state index is 10.7. The molecule has 0 aliphatic carbocycles. The van der Waals surface area contributed by atoms with Crippen molar-refractivity contribution in [3.63, 3.8) is 0 Å². The molecule has 0 atom stereocenters. The first-order valence-electron chi connectivity index (χ1n) is 9.38. The number of ketones is 1. The number of carbonyl (C=O) groups is 1. The molecule has 2 aromatic rings. The molecule has 2 rings (SSSR count). The molecule has 3 nitrogen and oxygen atoms in total. The average molecular weight is 460 g/mol. The van der Waals surface area contributed by atoms with Gasteiger partial charge < -0.3 is 22.2 Å². The van der Waals surface area contributed by atoms with Gasteiger partial charge in [0.15, 0.2) is 0 Å². The summed E-state index contributed by atoms with van der Waals surface area (Å²) in [7, 11) is 0. The van der Waals surface area contributed by atoms with Crippen LogP contribution in [0, 0.1) is 19.9 Å². The maximum absolute atomic E-state index is 10.7. The second-order valence-corrected chi connectivity index (χ2v) is 7.54. The quantitative estimate of drug-likeness (QED) is 0.237. The van der Waals surface area contributed by atoms with E-state index < -0.39 is 0 Å². The van der Waals surface area contributed by atoms with Gasteiger partial charge in [-0.1, -0.05) is 79.4 Å². The standard InChI is InChI=1S/C10H12S.C8H9NO2.C8H9.K/c1-8(2)11-10-7-5-4-6-9(10)3;1-3-7(6(2)11)8(9)4-5-10;1-2-8-6-4-3-5-7-8;/h4-7H,1H2,2-3H3;4H,9H2,1-2H3;3-7H,1-2H2;/q;-2;-1;+1/b;8-4+;;. The molecular formula is C26H30KNO2S-2. The number of hydrogen-bond donors (Lipinski definition) is 1. The number of Topliss-reactive ketones (excluding diaryl/α,β-unsaturated/α-hetero) is 1. The van der Waals surface area contributed by atoms with Crippen LogP contribution in [-0.4, -0.2) is 12.1 Å². The smallest absolute Gasteiger partial charge is 0.476 e. The van der Waals surface area contributed by atoms with Crippen molar-refractivity contribution in [2.24, 2.45) is 5.73 Å². The molecule has 0 saturated carbocycles. The van der Waals surface area contributed by atoms with E-state index in [4.69, 9.17) is 5.73 Å². The van der Waals surface area contributed by atoms with E-state index in [-0.39, 0.29) is 68.4 Å². The van der Waals surface area contributed by atoms with E-state index in [9.17, 15) is 9.59 Å². The SMILES string of the molecule is C=C(C)Sc1ccccc1C.C[C-]=C(C(C)=O)/C(N)=C\[C-]=O.[CH2-]Cc1ccccc1.[K+]. The Hall–Kier alpha value is -1.21. The summed E-state index contributed by atoms with van der Waals surface area (Å²) in [5.74, 6) is -0.212. The van der Waals surface area contributed by atoms with Crippen LogP contribution in [0.15, 0.2) is 88.3 Å². The van der Waals surface area contributed by atoms with E-state index in [1.54, 1.807) is 18.7 Å². The minimum absolute atomic E-state index is 0. The van der Waals surface area contributed by atoms with Gasteiger partial charge in [-0.3, -0.25) is 0 Å². The van der Waals surface area contributed by atoms with Crippen molar-refractivity contribution in [2.45, 2.75) is 39.0 Å². The number of aryl methyl sites for hydroxylation is 1. The number of carbonyl (C=O) groups excluding carboxylic acids is 2. The largest absolute Gasteiger partial charge is 1.00 e. The number of nitrogens with two attached hydrogens (primary N) is 1. The first kappa shape index (κ1) is 32.0. The summed E-state index contributed by atoms with van der Waals surface area (Å²) in [6.45, 7) is 14.7. The number of rotatable bonds is 6. The van der Waals surface area contributed by atoms with E-state index in [0.717, 1.165) is 17.4 Å². The Morgan fingerprint density at radius 3 is 2.06 bits per heavy atom. The Kier molecular flexibility index (Phi) is 20.1. The first-order chi connectivity index (χ1) is 14.3. The van der Waals surface area contributed by atoms with E-state index in [1.165, 1.54) is 29.2 Å². The molecule has 0 fully saturated rings. The summed E-state index contributed by atoms with van der Waals surface area (Å²) in [6, 6.07) is 18.6. The molecule has 2 N–H and O–H groups in total. The van der Waals surface area contributed by atoms with Gasteiger partial charge in [-0.15, -0.1) is 5.70 Å². The Morgan fingerprint density at radius 2 is 1.68 bits per heavy atom. The fourth-order valence-electron chi connectivity index (χ4n) is 2.16. The molecule has 0 spiro atoms. The third kappa shape index (κ3) is 15.3. The molecule has 0 unspecified atom stereocenters. The number of allylic oxidation sites excluding steroid dienone is 4. The Bertz CT molecular complexity index is 874. The Morgan fingerprint density at radius 1 is 1.13 bits per heavy atom. The molecule has 0 bridgehead atoms. The summed E-state index contributed by atoms with van der Waals surface area (Å²) in [4.78, 5) is 23.0.